The highest BCUT2D eigenvalue weighted by atomic mass is 16.5. The molecule has 0 aliphatic rings. The summed E-state index contributed by atoms with van der Waals surface area (Å²) < 4.78 is 11.7. The number of ether oxygens (including phenoxy) is 1. The SMILES string of the molecule is Cc1ccc(OCCc2coc(-c3cc(C(C)(C)C)c(O)c(C(C)(C)C)c3)n2)cc1C. The molecular formula is C27H35NO3. The van der Waals surface area contributed by atoms with Crippen LogP contribution in [0.1, 0.15) is 69.5 Å². The molecular weight excluding hydrogens is 386 g/mol. The first-order valence-corrected chi connectivity index (χ1v) is 10.9. The molecule has 1 N–H and O–H groups in total. The standard InChI is InChI=1S/C27H35NO3/c1-17-9-10-21(13-18(17)2)30-12-11-20-16-31-25(28-20)19-14-22(26(3,4)5)24(29)23(15-19)27(6,7)8/h9-10,13-16,29H,11-12H2,1-8H3. The second kappa shape index (κ2) is 8.41. The summed E-state index contributed by atoms with van der Waals surface area (Å²) in [6, 6.07) is 10.1. The van der Waals surface area contributed by atoms with E-state index in [2.05, 4.69) is 67.5 Å². The summed E-state index contributed by atoms with van der Waals surface area (Å²) in [6.07, 6.45) is 2.35. The number of rotatable bonds is 5. The van der Waals surface area contributed by atoms with Crippen molar-refractivity contribution < 1.29 is 14.3 Å². The zero-order valence-electron chi connectivity index (χ0n) is 20.1. The molecule has 0 amide bonds. The number of oxazole rings is 1. The monoisotopic (exact) mass is 421 g/mol. The van der Waals surface area contributed by atoms with E-state index in [1.54, 1.807) is 6.26 Å². The molecule has 1 heterocycles. The summed E-state index contributed by atoms with van der Waals surface area (Å²) in [5, 5.41) is 10.9. The molecule has 3 rings (SSSR count). The summed E-state index contributed by atoms with van der Waals surface area (Å²) in [7, 11) is 0. The normalized spacial score (nSPS) is 12.3. The minimum absolute atomic E-state index is 0.199. The van der Waals surface area contributed by atoms with Crippen LogP contribution in [0.4, 0.5) is 0 Å². The zero-order valence-corrected chi connectivity index (χ0v) is 20.1. The molecule has 0 spiro atoms. The second-order valence-electron chi connectivity index (χ2n) is 10.4. The largest absolute Gasteiger partial charge is 0.507 e. The number of hydrogen-bond donors (Lipinski definition) is 1. The maximum absolute atomic E-state index is 10.9. The van der Waals surface area contributed by atoms with E-state index >= 15 is 0 Å². The third-order valence-electron chi connectivity index (χ3n) is 5.63. The van der Waals surface area contributed by atoms with Crippen LogP contribution < -0.4 is 4.74 Å². The van der Waals surface area contributed by atoms with Crippen LogP contribution in [0.5, 0.6) is 11.5 Å². The van der Waals surface area contributed by atoms with Gasteiger partial charge in [0.2, 0.25) is 5.89 Å². The maximum Gasteiger partial charge on any atom is 0.226 e. The molecule has 31 heavy (non-hydrogen) atoms. The lowest BCUT2D eigenvalue weighted by molar-refractivity contribution is 0.320. The van der Waals surface area contributed by atoms with Gasteiger partial charge in [-0.05, 0) is 60.1 Å². The fourth-order valence-electron chi connectivity index (χ4n) is 3.53. The van der Waals surface area contributed by atoms with Crippen molar-refractivity contribution in [3.63, 3.8) is 0 Å². The van der Waals surface area contributed by atoms with E-state index in [0.717, 1.165) is 28.1 Å². The van der Waals surface area contributed by atoms with E-state index in [0.29, 0.717) is 24.7 Å². The van der Waals surface area contributed by atoms with Crippen LogP contribution in [0, 0.1) is 13.8 Å². The van der Waals surface area contributed by atoms with Gasteiger partial charge in [0, 0.05) is 23.1 Å². The van der Waals surface area contributed by atoms with Crippen molar-refractivity contribution in [3.8, 4) is 23.0 Å². The van der Waals surface area contributed by atoms with Crippen LogP contribution in [0.15, 0.2) is 41.0 Å². The van der Waals surface area contributed by atoms with Gasteiger partial charge in [0.1, 0.15) is 17.8 Å². The predicted octanol–water partition coefficient (Wildman–Crippen LogP) is 6.88. The molecule has 0 radical (unpaired) electrons. The number of phenolic OH excluding ortho intramolecular Hbond substituents is 1. The molecule has 2 aromatic carbocycles. The van der Waals surface area contributed by atoms with Crippen LogP contribution in [0.2, 0.25) is 0 Å². The average Bonchev–Trinajstić information content (AvgIpc) is 3.12. The fourth-order valence-corrected chi connectivity index (χ4v) is 3.53. The van der Waals surface area contributed by atoms with E-state index in [-0.39, 0.29) is 10.8 Å². The Kier molecular flexibility index (Phi) is 6.22. The molecule has 3 aromatic rings. The zero-order chi connectivity index (χ0) is 23.0. The highest BCUT2D eigenvalue weighted by Gasteiger charge is 2.27. The molecule has 4 nitrogen and oxygen atoms in total. The maximum atomic E-state index is 10.9. The Morgan fingerprint density at radius 2 is 1.52 bits per heavy atom. The van der Waals surface area contributed by atoms with Gasteiger partial charge in [-0.15, -0.1) is 0 Å². The smallest absolute Gasteiger partial charge is 0.226 e. The molecule has 166 valence electrons. The lowest BCUT2D eigenvalue weighted by atomic mass is 9.78. The summed E-state index contributed by atoms with van der Waals surface area (Å²) >= 11 is 0. The molecule has 0 aliphatic carbocycles. The quantitative estimate of drug-likeness (QED) is 0.488. The van der Waals surface area contributed by atoms with Crippen molar-refractivity contribution in [2.75, 3.05) is 6.61 Å². The van der Waals surface area contributed by atoms with Gasteiger partial charge < -0.3 is 14.3 Å². The first-order valence-electron chi connectivity index (χ1n) is 10.9. The van der Waals surface area contributed by atoms with Gasteiger partial charge in [0.15, 0.2) is 0 Å². The lowest BCUT2D eigenvalue weighted by Gasteiger charge is -2.27. The number of aromatic hydroxyl groups is 1. The molecule has 0 aliphatic heterocycles. The topological polar surface area (TPSA) is 55.5 Å². The van der Waals surface area contributed by atoms with E-state index in [1.807, 2.05) is 18.2 Å². The Bertz CT molecular complexity index is 1030. The highest BCUT2D eigenvalue weighted by molar-refractivity contribution is 5.63. The summed E-state index contributed by atoms with van der Waals surface area (Å²) in [4.78, 5) is 4.69. The number of phenols is 1. The van der Waals surface area contributed by atoms with Crippen LogP contribution in [0.3, 0.4) is 0 Å². The third-order valence-corrected chi connectivity index (χ3v) is 5.63. The molecule has 0 bridgehead atoms. The lowest BCUT2D eigenvalue weighted by Crippen LogP contribution is -2.17. The fraction of sp³-hybridized carbons (Fsp3) is 0.444. The molecule has 0 fully saturated rings. The molecule has 1 aromatic heterocycles. The number of aromatic nitrogens is 1. The Hall–Kier alpha value is -2.75. The van der Waals surface area contributed by atoms with Gasteiger partial charge in [-0.3, -0.25) is 0 Å². The summed E-state index contributed by atoms with van der Waals surface area (Å²) in [6.45, 7) is 17.3. The first kappa shape index (κ1) is 22.9. The van der Waals surface area contributed by atoms with E-state index in [4.69, 9.17) is 14.1 Å². The van der Waals surface area contributed by atoms with Gasteiger partial charge >= 0.3 is 0 Å². The number of hydrogen-bond acceptors (Lipinski definition) is 4. The van der Waals surface area contributed by atoms with Gasteiger partial charge in [-0.2, -0.15) is 0 Å². The summed E-state index contributed by atoms with van der Waals surface area (Å²) in [5.74, 6) is 1.80. The molecule has 0 saturated heterocycles. The van der Waals surface area contributed by atoms with Gasteiger partial charge in [0.25, 0.3) is 0 Å². The van der Waals surface area contributed by atoms with Crippen molar-refractivity contribution in [1.29, 1.82) is 0 Å². The Morgan fingerprint density at radius 3 is 2.06 bits per heavy atom. The number of benzene rings is 2. The number of nitrogens with zero attached hydrogens (tertiary/aromatic N) is 1. The van der Waals surface area contributed by atoms with Crippen molar-refractivity contribution in [1.82, 2.24) is 4.98 Å². The van der Waals surface area contributed by atoms with Crippen molar-refractivity contribution >= 4 is 0 Å². The predicted molar refractivity (Wildman–Crippen MR) is 126 cm³/mol. The van der Waals surface area contributed by atoms with Crippen LogP contribution in [0.25, 0.3) is 11.5 Å². The van der Waals surface area contributed by atoms with Gasteiger partial charge in [0.05, 0.1) is 12.3 Å². The third kappa shape index (κ3) is 5.30. The molecule has 4 heteroatoms. The Labute approximate surface area is 186 Å². The van der Waals surface area contributed by atoms with Crippen LogP contribution in [-0.4, -0.2) is 16.7 Å². The molecule has 0 unspecified atom stereocenters. The molecule has 0 atom stereocenters. The number of aryl methyl sites for hydroxylation is 2. The summed E-state index contributed by atoms with van der Waals surface area (Å²) in [5.41, 5.74) is 5.60. The minimum Gasteiger partial charge on any atom is -0.507 e. The van der Waals surface area contributed by atoms with Gasteiger partial charge in [-0.25, -0.2) is 4.98 Å². The second-order valence-corrected chi connectivity index (χ2v) is 10.4. The minimum atomic E-state index is -0.199. The van der Waals surface area contributed by atoms with Crippen molar-refractivity contribution in [2.45, 2.75) is 72.6 Å². The Morgan fingerprint density at radius 1 is 0.903 bits per heavy atom. The van der Waals surface area contributed by atoms with Crippen molar-refractivity contribution in [2.24, 2.45) is 0 Å². The van der Waals surface area contributed by atoms with Crippen LogP contribution >= 0.6 is 0 Å². The van der Waals surface area contributed by atoms with Gasteiger partial charge in [-0.1, -0.05) is 47.6 Å². The van der Waals surface area contributed by atoms with Crippen LogP contribution in [-0.2, 0) is 17.3 Å². The van der Waals surface area contributed by atoms with E-state index < -0.39 is 0 Å². The highest BCUT2D eigenvalue weighted by Crippen LogP contribution is 2.41. The van der Waals surface area contributed by atoms with E-state index in [1.165, 1.54) is 11.1 Å². The van der Waals surface area contributed by atoms with E-state index in [9.17, 15) is 5.11 Å². The first-order chi connectivity index (χ1) is 14.4. The molecule has 0 saturated carbocycles. The van der Waals surface area contributed by atoms with Crippen molar-refractivity contribution in [3.05, 3.63) is 64.5 Å². The Balaban J connectivity index is 1.82. The average molecular weight is 422 g/mol.